The molecule has 13 heavy (non-hydrogen) atoms. The Bertz CT molecular complexity index is 380. The van der Waals surface area contributed by atoms with Crippen molar-refractivity contribution < 1.29 is 14.1 Å². The molecule has 0 fully saturated rings. The molecule has 0 heterocycles. The molecule has 0 saturated heterocycles. The van der Waals surface area contributed by atoms with Crippen LogP contribution in [-0.2, 0) is 0 Å². The van der Waals surface area contributed by atoms with Crippen LogP contribution in [-0.4, -0.2) is 10.2 Å². The number of hydrogen-bond acceptors (Lipinski definition) is 3. The molecule has 0 atom stereocenters. The second kappa shape index (κ2) is 3.49. The second-order valence-electron chi connectivity index (χ2n) is 2.20. The van der Waals surface area contributed by atoms with E-state index in [0.717, 1.165) is 18.2 Å². The predicted molar refractivity (Wildman–Crippen MR) is 43.2 cm³/mol. The van der Waals surface area contributed by atoms with Crippen molar-refractivity contribution in [1.29, 1.82) is 0 Å². The van der Waals surface area contributed by atoms with E-state index in [0.29, 0.717) is 0 Å². The predicted octanol–water partition coefficient (Wildman–Crippen LogP) is 2.11. The summed E-state index contributed by atoms with van der Waals surface area (Å²) in [6.45, 7) is 0. The van der Waals surface area contributed by atoms with Crippen LogP contribution in [0, 0.1) is 15.9 Å². The van der Waals surface area contributed by atoms with Gasteiger partial charge in [-0.3, -0.25) is 14.9 Å². The number of benzene rings is 1. The molecule has 0 aliphatic heterocycles. The molecule has 0 amide bonds. The molecule has 0 radical (unpaired) electrons. The van der Waals surface area contributed by atoms with Crippen molar-refractivity contribution in [2.45, 2.75) is 0 Å². The fraction of sp³-hybridized carbons (Fsp3) is 0. The van der Waals surface area contributed by atoms with Crippen molar-refractivity contribution in [1.82, 2.24) is 0 Å². The van der Waals surface area contributed by atoms with E-state index in [9.17, 15) is 19.3 Å². The maximum absolute atomic E-state index is 12.8. The molecule has 0 spiro atoms. The number of nitro groups is 1. The average Bonchev–Trinajstić information content (AvgIpc) is 2.03. The van der Waals surface area contributed by atoms with Gasteiger partial charge in [0.15, 0.2) is 0 Å². The first-order valence-electron chi connectivity index (χ1n) is 3.16. The summed E-state index contributed by atoms with van der Waals surface area (Å²) < 4.78 is 12.8. The van der Waals surface area contributed by atoms with E-state index in [1.165, 1.54) is 0 Å². The summed E-state index contributed by atoms with van der Waals surface area (Å²) in [5.41, 5.74) is -0.786. The Morgan fingerprint density at radius 1 is 1.54 bits per heavy atom. The van der Waals surface area contributed by atoms with Gasteiger partial charge in [-0.05, 0) is 23.7 Å². The van der Waals surface area contributed by atoms with Gasteiger partial charge in [0, 0.05) is 11.6 Å². The molecule has 0 saturated carbocycles. The molecule has 1 aromatic carbocycles. The zero-order valence-corrected chi connectivity index (χ0v) is 6.92. The Kier molecular flexibility index (Phi) is 2.57. The van der Waals surface area contributed by atoms with Gasteiger partial charge in [0.2, 0.25) is 5.82 Å². The number of carbonyl (C=O) groups is 1. The molecule has 1 rings (SSSR count). The highest BCUT2D eigenvalue weighted by molar-refractivity contribution is 6.67. The zero-order valence-electron chi connectivity index (χ0n) is 6.16. The van der Waals surface area contributed by atoms with E-state index >= 15 is 0 Å². The highest BCUT2D eigenvalue weighted by atomic mass is 35.5. The van der Waals surface area contributed by atoms with Crippen molar-refractivity contribution in [3.63, 3.8) is 0 Å². The van der Waals surface area contributed by atoms with E-state index in [1.54, 1.807) is 0 Å². The Labute approximate surface area is 77.1 Å². The van der Waals surface area contributed by atoms with Crippen molar-refractivity contribution in [3.05, 3.63) is 39.7 Å². The van der Waals surface area contributed by atoms with Crippen LogP contribution in [0.5, 0.6) is 0 Å². The number of hydrogen-bond donors (Lipinski definition) is 0. The van der Waals surface area contributed by atoms with Crippen LogP contribution < -0.4 is 0 Å². The van der Waals surface area contributed by atoms with Gasteiger partial charge < -0.3 is 0 Å². The molecular formula is C7H3ClFNO3. The minimum atomic E-state index is -1.07. The molecule has 1 aromatic rings. The first kappa shape index (κ1) is 9.60. The van der Waals surface area contributed by atoms with Crippen LogP contribution in [0.2, 0.25) is 0 Å². The third-order valence-corrected chi connectivity index (χ3v) is 1.59. The van der Waals surface area contributed by atoms with Gasteiger partial charge >= 0.3 is 5.69 Å². The molecule has 0 bridgehead atoms. The fourth-order valence-electron chi connectivity index (χ4n) is 0.777. The number of nitrogens with zero attached hydrogens (tertiary/aromatic N) is 1. The maximum atomic E-state index is 12.8. The van der Waals surface area contributed by atoms with Crippen LogP contribution in [0.15, 0.2) is 18.2 Å². The Morgan fingerprint density at radius 3 is 2.54 bits per heavy atom. The first-order chi connectivity index (χ1) is 6.02. The molecule has 0 N–H and O–H groups in total. The van der Waals surface area contributed by atoms with Crippen LogP contribution >= 0.6 is 11.6 Å². The third-order valence-electron chi connectivity index (χ3n) is 1.37. The molecule has 68 valence electrons. The second-order valence-corrected chi connectivity index (χ2v) is 2.54. The maximum Gasteiger partial charge on any atom is 0.304 e. The zero-order chi connectivity index (χ0) is 10.0. The summed E-state index contributed by atoms with van der Waals surface area (Å²) in [5, 5.41) is 9.30. The fourth-order valence-corrected chi connectivity index (χ4v) is 0.895. The van der Waals surface area contributed by atoms with Crippen molar-refractivity contribution >= 4 is 22.5 Å². The molecule has 0 aliphatic rings. The van der Waals surface area contributed by atoms with E-state index in [4.69, 9.17) is 11.6 Å². The summed E-state index contributed by atoms with van der Waals surface area (Å²) in [4.78, 5) is 19.8. The topological polar surface area (TPSA) is 60.2 Å². The Morgan fingerprint density at radius 2 is 2.15 bits per heavy atom. The SMILES string of the molecule is O=C(Cl)c1ccc([N+](=O)[O-])c(F)c1. The largest absolute Gasteiger partial charge is 0.304 e. The average molecular weight is 204 g/mol. The van der Waals surface area contributed by atoms with Gasteiger partial charge in [-0.15, -0.1) is 0 Å². The lowest BCUT2D eigenvalue weighted by Crippen LogP contribution is -1.95. The molecule has 6 heteroatoms. The van der Waals surface area contributed by atoms with Crippen molar-refractivity contribution in [2.24, 2.45) is 0 Å². The van der Waals surface area contributed by atoms with Crippen LogP contribution in [0.3, 0.4) is 0 Å². The van der Waals surface area contributed by atoms with E-state index in [1.807, 2.05) is 0 Å². The monoisotopic (exact) mass is 203 g/mol. The number of carbonyl (C=O) groups excluding carboxylic acids is 1. The summed E-state index contributed by atoms with van der Waals surface area (Å²) in [6, 6.07) is 2.72. The van der Waals surface area contributed by atoms with Crippen LogP contribution in [0.4, 0.5) is 10.1 Å². The quantitative estimate of drug-likeness (QED) is 0.420. The Hall–Kier alpha value is -1.49. The van der Waals surface area contributed by atoms with E-state index in [-0.39, 0.29) is 5.56 Å². The Balaban J connectivity index is 3.20. The lowest BCUT2D eigenvalue weighted by Gasteiger charge is -1.95. The minimum absolute atomic E-state index is 0.107. The number of halogens is 2. The highest BCUT2D eigenvalue weighted by Gasteiger charge is 2.15. The number of rotatable bonds is 2. The molecule has 0 aliphatic carbocycles. The minimum Gasteiger partial charge on any atom is -0.276 e. The summed E-state index contributed by atoms with van der Waals surface area (Å²) in [7, 11) is 0. The summed E-state index contributed by atoms with van der Waals surface area (Å²) in [6.07, 6.45) is 0. The van der Waals surface area contributed by atoms with Gasteiger partial charge in [0.1, 0.15) is 0 Å². The highest BCUT2D eigenvalue weighted by Crippen LogP contribution is 2.18. The van der Waals surface area contributed by atoms with E-state index < -0.39 is 21.7 Å². The van der Waals surface area contributed by atoms with Gasteiger partial charge in [-0.25, -0.2) is 0 Å². The van der Waals surface area contributed by atoms with Gasteiger partial charge in [-0.2, -0.15) is 4.39 Å². The smallest absolute Gasteiger partial charge is 0.276 e. The summed E-state index contributed by atoms with van der Waals surface area (Å²) >= 11 is 5.03. The van der Waals surface area contributed by atoms with Crippen LogP contribution in [0.1, 0.15) is 10.4 Å². The van der Waals surface area contributed by atoms with Crippen molar-refractivity contribution in [2.75, 3.05) is 0 Å². The molecular weight excluding hydrogens is 201 g/mol. The van der Waals surface area contributed by atoms with E-state index in [2.05, 4.69) is 0 Å². The summed E-state index contributed by atoms with van der Waals surface area (Å²) in [5.74, 6) is -1.07. The lowest BCUT2D eigenvalue weighted by molar-refractivity contribution is -0.387. The molecule has 0 aromatic heterocycles. The first-order valence-corrected chi connectivity index (χ1v) is 3.54. The van der Waals surface area contributed by atoms with Crippen LogP contribution in [0.25, 0.3) is 0 Å². The number of nitro benzene ring substituents is 1. The van der Waals surface area contributed by atoms with Gasteiger partial charge in [0.05, 0.1) is 4.92 Å². The third kappa shape index (κ3) is 2.00. The van der Waals surface area contributed by atoms with Gasteiger partial charge in [-0.1, -0.05) is 0 Å². The van der Waals surface area contributed by atoms with Gasteiger partial charge in [0.25, 0.3) is 5.24 Å². The normalized spacial score (nSPS) is 9.69. The van der Waals surface area contributed by atoms with Crippen molar-refractivity contribution in [3.8, 4) is 0 Å². The lowest BCUT2D eigenvalue weighted by atomic mass is 10.2. The molecule has 0 unspecified atom stereocenters. The standard InChI is InChI=1S/C7H3ClFNO3/c8-7(11)4-1-2-6(10(12)13)5(9)3-4/h1-3H. The molecule has 4 nitrogen and oxygen atoms in total.